The number of rotatable bonds is 82. The van der Waals surface area contributed by atoms with E-state index in [0.717, 1.165) is 98.7 Å². The van der Waals surface area contributed by atoms with Gasteiger partial charge in [0.2, 0.25) is 0 Å². The van der Waals surface area contributed by atoms with Crippen molar-refractivity contribution in [1.82, 2.24) is 0 Å². The zero-order chi connectivity index (χ0) is 95.5. The summed E-state index contributed by atoms with van der Waals surface area (Å²) in [5, 5.41) is 147. The Morgan fingerprint density at radius 1 is 0.244 bits per heavy atom. The van der Waals surface area contributed by atoms with Gasteiger partial charge in [-0.05, 0) is 91.3 Å². The Morgan fingerprint density at radius 2 is 0.496 bits per heavy atom. The molecule has 4 heterocycles. The normalized spacial score (nSPS) is 29.9. The molecule has 0 aromatic rings. The molecule has 0 aromatic carbocycles. The second kappa shape index (κ2) is 73.1. The van der Waals surface area contributed by atoms with Gasteiger partial charge in [-0.3, -0.25) is 0 Å². The van der Waals surface area contributed by atoms with E-state index in [1.165, 1.54) is 276 Å². The Labute approximate surface area is 794 Å². The topological polar surface area (TPSA) is 394 Å². The van der Waals surface area contributed by atoms with Gasteiger partial charge in [0.25, 0.3) is 0 Å². The minimum Gasteiger partial charge on any atom is -0.394 e. The molecule has 4 aliphatic heterocycles. The van der Waals surface area contributed by atoms with Crippen LogP contribution in [0.25, 0.3) is 0 Å². The zero-order valence-electron chi connectivity index (χ0n) is 84.2. The van der Waals surface area contributed by atoms with Crippen LogP contribution in [-0.2, 0) is 56.8 Å². The van der Waals surface area contributed by atoms with Crippen LogP contribution in [0.3, 0.4) is 0 Å². The van der Waals surface area contributed by atoms with Crippen molar-refractivity contribution in [2.24, 2.45) is 59.2 Å². The van der Waals surface area contributed by atoms with Gasteiger partial charge in [0.15, 0.2) is 25.2 Å². The molecule has 5 aliphatic rings. The molecule has 30 atom stereocenters. The summed E-state index contributed by atoms with van der Waals surface area (Å²) in [5.41, 5.74) is 0. The molecular formula is C105H202O26. The molecule has 131 heavy (non-hydrogen) atoms. The van der Waals surface area contributed by atoms with E-state index < -0.39 is 161 Å². The monoisotopic (exact) mass is 1880 g/mol. The van der Waals surface area contributed by atoms with Crippen LogP contribution in [0.1, 0.15) is 397 Å². The predicted molar refractivity (Wildman–Crippen MR) is 513 cm³/mol. The first-order chi connectivity index (χ1) is 63.2. The van der Waals surface area contributed by atoms with Crippen LogP contribution in [-0.4, -0.2) is 286 Å². The van der Waals surface area contributed by atoms with Crippen molar-refractivity contribution in [1.29, 1.82) is 0 Å². The number of aliphatic hydroxyl groups is 14. The fraction of sp³-hybridized carbons (Fsp3) is 1.00. The lowest BCUT2D eigenvalue weighted by Gasteiger charge is -2.46. The van der Waals surface area contributed by atoms with Gasteiger partial charge in [-0.15, -0.1) is 0 Å². The molecule has 0 spiro atoms. The lowest BCUT2D eigenvalue weighted by atomic mass is 9.91. The fourth-order valence-corrected chi connectivity index (χ4v) is 20.1. The largest absolute Gasteiger partial charge is 0.394 e. The molecule has 1 saturated carbocycles. The minimum absolute atomic E-state index is 0.0118. The van der Waals surface area contributed by atoms with Gasteiger partial charge in [0.1, 0.15) is 110 Å². The Kier molecular flexibility index (Phi) is 67.2. The molecule has 2 unspecified atom stereocenters. The summed E-state index contributed by atoms with van der Waals surface area (Å²) >= 11 is 0. The van der Waals surface area contributed by atoms with Gasteiger partial charge in [0, 0.05) is 26.4 Å². The van der Waals surface area contributed by atoms with Crippen LogP contribution >= 0.6 is 0 Å². The number of aliphatic hydroxyl groups excluding tert-OH is 14. The third-order valence-corrected chi connectivity index (χ3v) is 29.3. The average molecular weight is 1880 g/mol. The second-order valence-corrected chi connectivity index (χ2v) is 42.7. The Bertz CT molecular complexity index is 2450. The molecule has 26 heteroatoms. The highest BCUT2D eigenvalue weighted by Crippen LogP contribution is 2.39. The number of unbranched alkanes of at least 4 members (excludes halogenated alkanes) is 24. The van der Waals surface area contributed by atoms with E-state index in [9.17, 15) is 71.5 Å². The Balaban J connectivity index is 0.847. The maximum absolute atomic E-state index is 11.3. The van der Waals surface area contributed by atoms with Crippen molar-refractivity contribution in [3.63, 3.8) is 0 Å². The molecule has 0 aromatic heterocycles. The summed E-state index contributed by atoms with van der Waals surface area (Å²) in [6, 6.07) is 0. The van der Waals surface area contributed by atoms with Gasteiger partial charge in [-0.2, -0.15) is 0 Å². The van der Waals surface area contributed by atoms with E-state index in [0.29, 0.717) is 38.3 Å². The molecule has 0 bridgehead atoms. The molecular weight excluding hydrogens is 1680 g/mol. The molecule has 0 radical (unpaired) electrons. The van der Waals surface area contributed by atoms with Crippen molar-refractivity contribution in [2.45, 2.75) is 532 Å². The predicted octanol–water partition coefficient (Wildman–Crippen LogP) is 16.3. The van der Waals surface area contributed by atoms with Crippen LogP contribution in [0.4, 0.5) is 0 Å². The van der Waals surface area contributed by atoms with Crippen LogP contribution in [0.2, 0.25) is 0 Å². The van der Waals surface area contributed by atoms with Crippen molar-refractivity contribution in [2.75, 3.05) is 79.3 Å². The highest BCUT2D eigenvalue weighted by atomic mass is 16.8. The highest BCUT2D eigenvalue weighted by molar-refractivity contribution is 4.97. The van der Waals surface area contributed by atoms with Crippen molar-refractivity contribution in [3.8, 4) is 0 Å². The van der Waals surface area contributed by atoms with Gasteiger partial charge in [-0.1, -0.05) is 365 Å². The van der Waals surface area contributed by atoms with Crippen LogP contribution in [0.5, 0.6) is 0 Å². The average Bonchev–Trinajstić information content (AvgIpc) is 1.03. The van der Waals surface area contributed by atoms with Crippen molar-refractivity contribution >= 4 is 0 Å². The highest BCUT2D eigenvalue weighted by Gasteiger charge is 2.53. The van der Waals surface area contributed by atoms with Crippen LogP contribution in [0.15, 0.2) is 0 Å². The summed E-state index contributed by atoms with van der Waals surface area (Å²) in [6.45, 7) is 23.4. The summed E-state index contributed by atoms with van der Waals surface area (Å²) in [6.07, 6.45) is 33.3. The third-order valence-electron chi connectivity index (χ3n) is 29.3. The smallest absolute Gasteiger partial charge is 0.187 e. The number of hydrogen-bond acceptors (Lipinski definition) is 26. The van der Waals surface area contributed by atoms with E-state index in [1.807, 2.05) is 0 Å². The van der Waals surface area contributed by atoms with E-state index in [-0.39, 0.29) is 26.4 Å². The van der Waals surface area contributed by atoms with E-state index in [2.05, 4.69) is 69.2 Å². The van der Waals surface area contributed by atoms with E-state index in [1.54, 1.807) is 0 Å². The molecule has 5 rings (SSSR count). The first kappa shape index (κ1) is 120. The molecule has 4 saturated heterocycles. The maximum atomic E-state index is 11.3. The SMILES string of the molecule is CC(C)CCC[C@@H](C)CCC[C@@H](C)CCC[C@@H](C)CCOC(COCCCCCCCCCCCCCCC[C@@H]1CC[C@H](CCCCCCCCCCCCCCCOCC(CO[C@@H]2O[C@H](CO)[C@@H](O[C@@H]3O[C@H](CO)[C@H](O)[C@H](O)[C@H]3O)[C@H](O)[C@H]2O)OCC[C@H](C)CCC[C@H](C)CCC[C@H](C)CCCC(C)C)C1)CO[C@@H]1O[C@H](CO)[C@@H](O[C@@H]2O[C@H](CO)[C@H](O)[C@H](O)[C@H]2O)[C@H](O)[C@H]1O. The molecule has 1 aliphatic carbocycles. The molecule has 14 N–H and O–H groups in total. The molecule has 26 nitrogen and oxygen atoms in total. The quantitative estimate of drug-likeness (QED) is 0.0252. The lowest BCUT2D eigenvalue weighted by Crippen LogP contribution is -2.64. The molecule has 0 amide bonds. The first-order valence-corrected chi connectivity index (χ1v) is 54.0. The van der Waals surface area contributed by atoms with Crippen LogP contribution in [0, 0.1) is 59.2 Å². The summed E-state index contributed by atoms with van der Waals surface area (Å²) < 4.78 is 71.6. The fourth-order valence-electron chi connectivity index (χ4n) is 20.1. The van der Waals surface area contributed by atoms with Gasteiger partial charge < -0.3 is 128 Å². The summed E-state index contributed by atoms with van der Waals surface area (Å²) in [7, 11) is 0. The summed E-state index contributed by atoms with van der Waals surface area (Å²) in [5.74, 6) is 7.45. The van der Waals surface area contributed by atoms with E-state index in [4.69, 9.17) is 56.8 Å². The number of ether oxygens (including phenoxy) is 12. The standard InChI is InChI=1S/C105H202O26/c1-74(2)43-37-45-76(5)47-39-49-78(7)51-41-53-80(9)59-63-122-84(72-124-102-98(118)94(114)100(88(68-108)128-102)130-104-96(116)92(112)90(110)86(66-106)126-104)70-120-61-35-31-27-23-19-15-11-13-17-21-25-29-33-55-82-57-58-83(65-82)56-34-30-26-22-18-14-12-16-20-24-28-32-36-62-121-71-85(123-64-60-81(10)54-42-52-79(8)50-40-48-77(6)46-38-44-75(3)4)73-125-103-99(119)95(115)101(89(69-109)129-103)131-105-97(117)93(113)91(111)87(67-107)127-105/h74-119H,11-73H2,1-10H3/t76-,77-,78-,79-,80-,81-,82-,83+,84?,85?,86-,87-,88-,89-,90+,91+,92+,93+,94-,95-,96-,97-,98-,99-,100-,101-,102-,103-,104+,105+/m1/s1. The van der Waals surface area contributed by atoms with Gasteiger partial charge in [-0.25, -0.2) is 0 Å². The minimum atomic E-state index is -1.76. The van der Waals surface area contributed by atoms with Crippen molar-refractivity contribution in [3.05, 3.63) is 0 Å². The zero-order valence-corrected chi connectivity index (χ0v) is 84.2. The third kappa shape index (κ3) is 51.0. The van der Waals surface area contributed by atoms with Crippen LogP contribution < -0.4 is 0 Å². The maximum Gasteiger partial charge on any atom is 0.187 e. The first-order valence-electron chi connectivity index (χ1n) is 54.0. The molecule has 5 fully saturated rings. The molecule has 778 valence electrons. The van der Waals surface area contributed by atoms with E-state index >= 15 is 0 Å². The number of hydrogen-bond donors (Lipinski definition) is 14. The Morgan fingerprint density at radius 3 is 0.779 bits per heavy atom. The Hall–Kier alpha value is -1.04. The summed E-state index contributed by atoms with van der Waals surface area (Å²) in [4.78, 5) is 0. The van der Waals surface area contributed by atoms with Gasteiger partial charge >= 0.3 is 0 Å². The lowest BCUT2D eigenvalue weighted by molar-refractivity contribution is -0.360. The second-order valence-electron chi connectivity index (χ2n) is 42.7. The van der Waals surface area contributed by atoms with Gasteiger partial charge in [0.05, 0.1) is 52.9 Å². The van der Waals surface area contributed by atoms with Crippen molar-refractivity contribution < 1.29 is 128 Å².